The number of amides is 1. The number of carbonyl (C=O) groups is 1. The van der Waals surface area contributed by atoms with Crippen molar-refractivity contribution in [2.75, 3.05) is 13.1 Å². The Hall–Kier alpha value is -2.32. The number of nitrogens with one attached hydrogen (secondary N) is 1. The van der Waals surface area contributed by atoms with E-state index in [0.29, 0.717) is 23.8 Å². The molecular formula is C17H22FN5O2. The monoisotopic (exact) mass is 347 g/mol. The molecule has 1 saturated heterocycles. The summed E-state index contributed by atoms with van der Waals surface area (Å²) in [6.45, 7) is 4.05. The van der Waals surface area contributed by atoms with Crippen LogP contribution >= 0.6 is 0 Å². The second-order valence-corrected chi connectivity index (χ2v) is 6.36. The van der Waals surface area contributed by atoms with Crippen molar-refractivity contribution in [2.45, 2.75) is 38.4 Å². The summed E-state index contributed by atoms with van der Waals surface area (Å²) in [6, 6.07) is 5.29. The molecule has 1 aromatic heterocycles. The van der Waals surface area contributed by atoms with Crippen molar-refractivity contribution in [3.63, 3.8) is 0 Å². The molecule has 2 atom stereocenters. The number of piperidine rings is 1. The number of aromatic nitrogens is 2. The molecule has 0 spiro atoms. The minimum Gasteiger partial charge on any atom is -0.368 e. The molecule has 1 aromatic carbocycles. The largest absolute Gasteiger partial charge is 0.368 e. The van der Waals surface area contributed by atoms with Gasteiger partial charge in [-0.15, -0.1) is 0 Å². The van der Waals surface area contributed by atoms with Crippen molar-refractivity contribution in [1.29, 1.82) is 0 Å². The van der Waals surface area contributed by atoms with E-state index < -0.39 is 11.9 Å². The van der Waals surface area contributed by atoms with E-state index in [9.17, 15) is 9.18 Å². The summed E-state index contributed by atoms with van der Waals surface area (Å²) in [6.07, 6.45) is 1.93. The number of hydrogen-bond acceptors (Lipinski definition) is 6. The van der Waals surface area contributed by atoms with E-state index in [0.717, 1.165) is 25.9 Å². The van der Waals surface area contributed by atoms with Crippen molar-refractivity contribution in [3.05, 3.63) is 47.4 Å². The first-order valence-electron chi connectivity index (χ1n) is 8.33. The Morgan fingerprint density at radius 1 is 1.48 bits per heavy atom. The summed E-state index contributed by atoms with van der Waals surface area (Å²) in [7, 11) is 0. The predicted molar refractivity (Wildman–Crippen MR) is 88.8 cm³/mol. The van der Waals surface area contributed by atoms with Gasteiger partial charge in [-0.3, -0.25) is 15.0 Å². The fraction of sp³-hybridized carbons (Fsp3) is 0.471. The van der Waals surface area contributed by atoms with Crippen molar-refractivity contribution in [2.24, 2.45) is 5.73 Å². The highest BCUT2D eigenvalue weighted by molar-refractivity contribution is 5.81. The van der Waals surface area contributed by atoms with Crippen LogP contribution in [-0.4, -0.2) is 40.1 Å². The maximum absolute atomic E-state index is 13.1. The highest BCUT2D eigenvalue weighted by atomic mass is 19.1. The fourth-order valence-electron chi connectivity index (χ4n) is 3.17. The number of rotatable bonds is 6. The first kappa shape index (κ1) is 17.5. The highest BCUT2D eigenvalue weighted by Crippen LogP contribution is 2.19. The van der Waals surface area contributed by atoms with Crippen LogP contribution in [0.25, 0.3) is 0 Å². The fourth-order valence-corrected chi connectivity index (χ4v) is 3.17. The third-order valence-electron chi connectivity index (χ3n) is 4.33. The molecule has 3 rings (SSSR count). The Balaban J connectivity index is 1.63. The SMILES string of the molecule is Cc1nc(CN2CCCC(NC(C(N)=O)c3ccc(F)cc3)C2)no1. The Morgan fingerprint density at radius 3 is 2.88 bits per heavy atom. The number of nitrogens with zero attached hydrogens (tertiary/aromatic N) is 3. The zero-order valence-electron chi connectivity index (χ0n) is 14.1. The van der Waals surface area contributed by atoms with Gasteiger partial charge in [-0.25, -0.2) is 4.39 Å². The van der Waals surface area contributed by atoms with Crippen LogP contribution < -0.4 is 11.1 Å². The van der Waals surface area contributed by atoms with Gasteiger partial charge in [0.25, 0.3) is 0 Å². The molecule has 1 fully saturated rings. The molecule has 0 saturated carbocycles. The van der Waals surface area contributed by atoms with Crippen LogP contribution in [0.1, 0.15) is 36.2 Å². The number of primary amides is 1. The zero-order chi connectivity index (χ0) is 17.8. The van der Waals surface area contributed by atoms with E-state index in [-0.39, 0.29) is 11.9 Å². The molecule has 1 aliphatic rings. The second kappa shape index (κ2) is 7.71. The standard InChI is InChI=1S/C17H22FN5O2/c1-11-20-15(22-25-11)10-23-8-2-3-14(9-23)21-16(17(19)24)12-4-6-13(18)7-5-12/h4-7,14,16,21H,2-3,8-10H2,1H3,(H2,19,24). The number of nitrogens with two attached hydrogens (primary N) is 1. The van der Waals surface area contributed by atoms with Gasteiger partial charge >= 0.3 is 0 Å². The Labute approximate surface area is 145 Å². The number of aryl methyl sites for hydroxylation is 1. The predicted octanol–water partition coefficient (Wildman–Crippen LogP) is 1.30. The third kappa shape index (κ3) is 4.61. The Kier molecular flexibility index (Phi) is 5.40. The van der Waals surface area contributed by atoms with Gasteiger partial charge in [-0.1, -0.05) is 17.3 Å². The molecule has 2 aromatic rings. The second-order valence-electron chi connectivity index (χ2n) is 6.36. The summed E-state index contributed by atoms with van der Waals surface area (Å²) < 4.78 is 18.1. The van der Waals surface area contributed by atoms with Gasteiger partial charge in [0.15, 0.2) is 5.82 Å². The smallest absolute Gasteiger partial charge is 0.239 e. The quantitative estimate of drug-likeness (QED) is 0.817. The van der Waals surface area contributed by atoms with Crippen LogP contribution in [0.4, 0.5) is 4.39 Å². The molecule has 3 N–H and O–H groups in total. The summed E-state index contributed by atoms with van der Waals surface area (Å²) in [5, 5.41) is 7.23. The average Bonchev–Trinajstić information content (AvgIpc) is 2.99. The average molecular weight is 347 g/mol. The minimum absolute atomic E-state index is 0.101. The number of hydrogen-bond donors (Lipinski definition) is 2. The molecular weight excluding hydrogens is 325 g/mol. The lowest BCUT2D eigenvalue weighted by Crippen LogP contribution is -2.49. The Morgan fingerprint density at radius 2 is 2.24 bits per heavy atom. The summed E-state index contributed by atoms with van der Waals surface area (Å²) >= 11 is 0. The van der Waals surface area contributed by atoms with Crippen LogP contribution in [0.15, 0.2) is 28.8 Å². The number of carbonyl (C=O) groups excluding carboxylic acids is 1. The van der Waals surface area contributed by atoms with E-state index in [1.807, 2.05) is 0 Å². The lowest BCUT2D eigenvalue weighted by Gasteiger charge is -2.34. The molecule has 8 heteroatoms. The van der Waals surface area contributed by atoms with Gasteiger partial charge in [-0.05, 0) is 37.1 Å². The maximum atomic E-state index is 13.1. The maximum Gasteiger partial charge on any atom is 0.239 e. The van der Waals surface area contributed by atoms with Gasteiger partial charge < -0.3 is 10.3 Å². The first-order valence-corrected chi connectivity index (χ1v) is 8.33. The van der Waals surface area contributed by atoms with Crippen LogP contribution in [0.3, 0.4) is 0 Å². The molecule has 25 heavy (non-hydrogen) atoms. The van der Waals surface area contributed by atoms with Crippen LogP contribution in [0.2, 0.25) is 0 Å². The number of benzene rings is 1. The van der Waals surface area contributed by atoms with Gasteiger partial charge in [0, 0.05) is 19.5 Å². The summed E-state index contributed by atoms with van der Waals surface area (Å²) in [4.78, 5) is 18.3. The van der Waals surface area contributed by atoms with E-state index >= 15 is 0 Å². The van der Waals surface area contributed by atoms with Crippen molar-refractivity contribution in [1.82, 2.24) is 20.4 Å². The number of halogens is 1. The van der Waals surface area contributed by atoms with E-state index in [1.165, 1.54) is 12.1 Å². The van der Waals surface area contributed by atoms with Gasteiger partial charge in [0.2, 0.25) is 11.8 Å². The van der Waals surface area contributed by atoms with Gasteiger partial charge in [-0.2, -0.15) is 4.98 Å². The van der Waals surface area contributed by atoms with Crippen LogP contribution in [0, 0.1) is 12.7 Å². The highest BCUT2D eigenvalue weighted by Gasteiger charge is 2.26. The molecule has 2 heterocycles. The molecule has 134 valence electrons. The van der Waals surface area contributed by atoms with Crippen LogP contribution in [-0.2, 0) is 11.3 Å². The van der Waals surface area contributed by atoms with Crippen molar-refractivity contribution in [3.8, 4) is 0 Å². The minimum atomic E-state index is -0.641. The lowest BCUT2D eigenvalue weighted by atomic mass is 10.0. The summed E-state index contributed by atoms with van der Waals surface area (Å²) in [5.74, 6) is 0.388. The molecule has 0 bridgehead atoms. The third-order valence-corrected chi connectivity index (χ3v) is 4.33. The van der Waals surface area contributed by atoms with Crippen molar-refractivity contribution < 1.29 is 13.7 Å². The zero-order valence-corrected chi connectivity index (χ0v) is 14.1. The molecule has 7 nitrogen and oxygen atoms in total. The van der Waals surface area contributed by atoms with E-state index in [2.05, 4.69) is 20.4 Å². The topological polar surface area (TPSA) is 97.3 Å². The molecule has 0 radical (unpaired) electrons. The molecule has 2 unspecified atom stereocenters. The first-order chi connectivity index (χ1) is 12.0. The Bertz CT molecular complexity index is 718. The van der Waals surface area contributed by atoms with E-state index in [1.54, 1.807) is 19.1 Å². The van der Waals surface area contributed by atoms with Crippen LogP contribution in [0.5, 0.6) is 0 Å². The molecule has 1 amide bonds. The molecule has 1 aliphatic heterocycles. The molecule has 0 aliphatic carbocycles. The van der Waals surface area contributed by atoms with E-state index in [4.69, 9.17) is 10.3 Å². The summed E-state index contributed by atoms with van der Waals surface area (Å²) in [5.41, 5.74) is 6.21. The van der Waals surface area contributed by atoms with Crippen molar-refractivity contribution >= 4 is 5.91 Å². The number of likely N-dealkylation sites (tertiary alicyclic amines) is 1. The normalized spacial score (nSPS) is 19.7. The lowest BCUT2D eigenvalue weighted by molar-refractivity contribution is -0.120. The van der Waals surface area contributed by atoms with Gasteiger partial charge in [0.1, 0.15) is 11.9 Å². The van der Waals surface area contributed by atoms with Gasteiger partial charge in [0.05, 0.1) is 6.54 Å².